The Labute approximate surface area is 138 Å². The van der Waals surface area contributed by atoms with E-state index in [-0.39, 0.29) is 11.9 Å². The van der Waals surface area contributed by atoms with Crippen molar-refractivity contribution < 1.29 is 13.2 Å². The van der Waals surface area contributed by atoms with Crippen LogP contribution in [-0.2, 0) is 16.4 Å². The number of amides is 1. The monoisotopic (exact) mass is 336 g/mol. The van der Waals surface area contributed by atoms with Crippen LogP contribution >= 0.6 is 0 Å². The molecule has 126 valence electrons. The van der Waals surface area contributed by atoms with Gasteiger partial charge in [-0.25, -0.2) is 8.42 Å². The third kappa shape index (κ3) is 3.22. The number of rotatable bonds is 2. The Hall–Kier alpha value is -1.56. The van der Waals surface area contributed by atoms with E-state index in [1.54, 1.807) is 12.1 Å². The number of sulfonamides is 1. The second kappa shape index (κ2) is 6.15. The van der Waals surface area contributed by atoms with Crippen LogP contribution in [0.25, 0.3) is 0 Å². The Balaban J connectivity index is 1.87. The third-order valence-corrected chi connectivity index (χ3v) is 6.00. The first-order chi connectivity index (χ1) is 10.9. The van der Waals surface area contributed by atoms with E-state index >= 15 is 0 Å². The molecule has 1 saturated heterocycles. The molecule has 1 aromatic rings. The molecule has 3 rings (SSSR count). The van der Waals surface area contributed by atoms with Crippen molar-refractivity contribution in [3.05, 3.63) is 29.3 Å². The third-order valence-electron chi connectivity index (χ3n) is 4.73. The molecule has 1 unspecified atom stereocenters. The van der Waals surface area contributed by atoms with Gasteiger partial charge in [0.05, 0.1) is 11.9 Å². The minimum absolute atomic E-state index is 0.0696. The highest BCUT2D eigenvalue weighted by molar-refractivity contribution is 7.92. The average Bonchev–Trinajstić information content (AvgIpc) is 2.66. The molecular weight excluding hydrogens is 312 g/mol. The van der Waals surface area contributed by atoms with Crippen LogP contribution in [0, 0.1) is 0 Å². The van der Waals surface area contributed by atoms with Crippen LogP contribution in [0.4, 0.5) is 5.69 Å². The second-order valence-corrected chi connectivity index (χ2v) is 8.52. The van der Waals surface area contributed by atoms with Gasteiger partial charge in [0.25, 0.3) is 5.91 Å². The molecule has 2 aliphatic rings. The molecule has 5 nitrogen and oxygen atoms in total. The summed E-state index contributed by atoms with van der Waals surface area (Å²) in [7, 11) is -3.29. The van der Waals surface area contributed by atoms with Crippen LogP contribution < -0.4 is 4.31 Å². The minimum atomic E-state index is -3.29. The van der Waals surface area contributed by atoms with E-state index in [1.165, 1.54) is 23.4 Å². The van der Waals surface area contributed by atoms with Crippen molar-refractivity contribution >= 4 is 21.6 Å². The molecule has 0 aromatic heterocycles. The number of likely N-dealkylation sites (tertiary alicyclic amines) is 1. The van der Waals surface area contributed by atoms with Gasteiger partial charge in [0, 0.05) is 24.7 Å². The van der Waals surface area contributed by atoms with Gasteiger partial charge < -0.3 is 4.90 Å². The summed E-state index contributed by atoms with van der Waals surface area (Å²) in [6, 6.07) is 5.33. The topological polar surface area (TPSA) is 57.7 Å². The van der Waals surface area contributed by atoms with E-state index in [0.717, 1.165) is 31.5 Å². The van der Waals surface area contributed by atoms with Crippen molar-refractivity contribution in [3.63, 3.8) is 0 Å². The van der Waals surface area contributed by atoms with Crippen molar-refractivity contribution in [1.29, 1.82) is 0 Å². The molecular formula is C17H24N2O3S. The Morgan fingerprint density at radius 2 is 1.78 bits per heavy atom. The highest BCUT2D eigenvalue weighted by atomic mass is 32.2. The Bertz CT molecular complexity index is 707. The second-order valence-electron chi connectivity index (χ2n) is 6.66. The Morgan fingerprint density at radius 3 is 2.39 bits per heavy atom. The van der Waals surface area contributed by atoms with E-state index in [4.69, 9.17) is 0 Å². The summed E-state index contributed by atoms with van der Waals surface area (Å²) in [6.07, 6.45) is 6.40. The molecule has 2 heterocycles. The predicted molar refractivity (Wildman–Crippen MR) is 91.3 cm³/mol. The zero-order chi connectivity index (χ0) is 16.6. The maximum Gasteiger partial charge on any atom is 0.253 e. The van der Waals surface area contributed by atoms with Crippen LogP contribution in [-0.4, -0.2) is 44.6 Å². The first kappa shape index (κ1) is 16.3. The van der Waals surface area contributed by atoms with Gasteiger partial charge in [-0.3, -0.25) is 9.10 Å². The van der Waals surface area contributed by atoms with E-state index in [2.05, 4.69) is 0 Å². The molecule has 1 amide bonds. The summed E-state index contributed by atoms with van der Waals surface area (Å²) >= 11 is 0. The molecule has 1 atom stereocenters. The maximum absolute atomic E-state index is 12.7. The fourth-order valence-corrected chi connectivity index (χ4v) is 4.96. The number of hydrogen-bond acceptors (Lipinski definition) is 3. The van der Waals surface area contributed by atoms with Crippen LogP contribution in [0.2, 0.25) is 0 Å². The van der Waals surface area contributed by atoms with Gasteiger partial charge in [-0.1, -0.05) is 12.8 Å². The van der Waals surface area contributed by atoms with Crippen LogP contribution in [0.1, 0.15) is 48.5 Å². The van der Waals surface area contributed by atoms with Crippen molar-refractivity contribution in [2.24, 2.45) is 0 Å². The zero-order valence-corrected chi connectivity index (χ0v) is 14.6. The number of anilines is 1. The molecule has 0 spiro atoms. The van der Waals surface area contributed by atoms with E-state index < -0.39 is 10.0 Å². The van der Waals surface area contributed by atoms with Crippen LogP contribution in [0.15, 0.2) is 18.2 Å². The van der Waals surface area contributed by atoms with E-state index in [9.17, 15) is 13.2 Å². The van der Waals surface area contributed by atoms with Gasteiger partial charge in [0.1, 0.15) is 0 Å². The molecule has 1 aromatic carbocycles. The molecule has 6 heteroatoms. The molecule has 0 bridgehead atoms. The molecule has 0 aliphatic carbocycles. The largest absolute Gasteiger partial charge is 0.339 e. The smallest absolute Gasteiger partial charge is 0.253 e. The lowest BCUT2D eigenvalue weighted by atomic mass is 10.1. The summed E-state index contributed by atoms with van der Waals surface area (Å²) in [5.41, 5.74) is 2.34. The number of nitrogens with zero attached hydrogens (tertiary/aromatic N) is 2. The summed E-state index contributed by atoms with van der Waals surface area (Å²) in [5, 5.41) is 0. The van der Waals surface area contributed by atoms with Gasteiger partial charge in [0.2, 0.25) is 10.0 Å². The molecule has 1 fully saturated rings. The number of carbonyl (C=O) groups is 1. The first-order valence-electron chi connectivity index (χ1n) is 8.29. The Morgan fingerprint density at radius 1 is 1.13 bits per heavy atom. The normalized spacial score (nSPS) is 21.9. The fraction of sp³-hybridized carbons (Fsp3) is 0.588. The average molecular weight is 336 g/mol. The molecule has 23 heavy (non-hydrogen) atoms. The highest BCUT2D eigenvalue weighted by Crippen LogP contribution is 2.35. The van der Waals surface area contributed by atoms with Crippen LogP contribution in [0.3, 0.4) is 0 Å². The van der Waals surface area contributed by atoms with Crippen molar-refractivity contribution in [2.75, 3.05) is 23.7 Å². The van der Waals surface area contributed by atoms with E-state index in [1.807, 2.05) is 17.9 Å². The lowest BCUT2D eigenvalue weighted by Crippen LogP contribution is -2.34. The lowest BCUT2D eigenvalue weighted by Gasteiger charge is -2.22. The molecule has 2 aliphatic heterocycles. The first-order valence-corrected chi connectivity index (χ1v) is 10.1. The van der Waals surface area contributed by atoms with Crippen molar-refractivity contribution in [2.45, 2.75) is 45.1 Å². The van der Waals surface area contributed by atoms with Crippen LogP contribution in [0.5, 0.6) is 0 Å². The van der Waals surface area contributed by atoms with Gasteiger partial charge in [-0.15, -0.1) is 0 Å². The summed E-state index contributed by atoms with van der Waals surface area (Å²) in [6.45, 7) is 3.54. The van der Waals surface area contributed by atoms with Gasteiger partial charge >= 0.3 is 0 Å². The minimum Gasteiger partial charge on any atom is -0.339 e. The lowest BCUT2D eigenvalue weighted by molar-refractivity contribution is 0.0761. The van der Waals surface area contributed by atoms with Crippen molar-refractivity contribution in [3.8, 4) is 0 Å². The maximum atomic E-state index is 12.7. The molecule has 0 saturated carbocycles. The van der Waals surface area contributed by atoms with Gasteiger partial charge in [-0.2, -0.15) is 0 Å². The number of carbonyl (C=O) groups excluding carboxylic acids is 1. The highest BCUT2D eigenvalue weighted by Gasteiger charge is 2.33. The SMILES string of the molecule is CC1Cc2cc(C(=O)N3CCCCCC3)ccc2N1S(C)(=O)=O. The summed E-state index contributed by atoms with van der Waals surface area (Å²) < 4.78 is 25.4. The fourth-order valence-electron chi connectivity index (χ4n) is 3.70. The number of hydrogen-bond donors (Lipinski definition) is 0. The summed E-state index contributed by atoms with van der Waals surface area (Å²) in [4.78, 5) is 14.6. The molecule has 0 radical (unpaired) electrons. The van der Waals surface area contributed by atoms with Gasteiger partial charge in [-0.05, 0) is 49.9 Å². The quantitative estimate of drug-likeness (QED) is 0.833. The number of fused-ring (bicyclic) bond motifs is 1. The molecule has 0 N–H and O–H groups in total. The summed E-state index contributed by atoms with van der Waals surface area (Å²) in [5.74, 6) is 0.0696. The number of benzene rings is 1. The zero-order valence-electron chi connectivity index (χ0n) is 13.8. The predicted octanol–water partition coefficient (Wildman–Crippen LogP) is 2.41. The standard InChI is InChI=1S/C17H24N2O3S/c1-13-11-15-12-14(7-8-16(15)19(13)23(2,21)22)17(20)18-9-5-3-4-6-10-18/h7-8,12-13H,3-6,9-11H2,1-2H3. The Kier molecular flexibility index (Phi) is 4.36. The van der Waals surface area contributed by atoms with Gasteiger partial charge in [0.15, 0.2) is 0 Å². The van der Waals surface area contributed by atoms with Crippen molar-refractivity contribution in [1.82, 2.24) is 4.90 Å². The van der Waals surface area contributed by atoms with E-state index in [0.29, 0.717) is 17.7 Å².